The van der Waals surface area contributed by atoms with Gasteiger partial charge in [0.2, 0.25) is 5.91 Å². The Kier molecular flexibility index (Phi) is 5.88. The van der Waals surface area contributed by atoms with Gasteiger partial charge in [0.1, 0.15) is 13.2 Å². The van der Waals surface area contributed by atoms with Crippen LogP contribution in [0.2, 0.25) is 5.02 Å². The molecule has 0 unspecified atom stereocenters. The number of hydrogen-bond acceptors (Lipinski definition) is 4. The van der Waals surface area contributed by atoms with Crippen molar-refractivity contribution in [2.24, 2.45) is 0 Å². The van der Waals surface area contributed by atoms with E-state index < -0.39 is 0 Å². The smallest absolute Gasteiger partial charge is 0.221 e. The molecule has 0 saturated heterocycles. The molecule has 0 bridgehead atoms. The van der Waals surface area contributed by atoms with E-state index in [4.69, 9.17) is 21.1 Å². The van der Waals surface area contributed by atoms with Crippen molar-refractivity contribution in [3.8, 4) is 11.5 Å². The van der Waals surface area contributed by atoms with Crippen molar-refractivity contribution < 1.29 is 14.3 Å². The second-order valence-corrected chi connectivity index (χ2v) is 6.83. The van der Waals surface area contributed by atoms with Crippen LogP contribution in [0.15, 0.2) is 47.4 Å². The van der Waals surface area contributed by atoms with Crippen LogP contribution in [0.3, 0.4) is 0 Å². The topological polar surface area (TPSA) is 47.6 Å². The summed E-state index contributed by atoms with van der Waals surface area (Å²) < 4.78 is 11.0. The minimum atomic E-state index is 0.0180. The second-order valence-electron chi connectivity index (χ2n) is 5.28. The Balaban J connectivity index is 1.43. The zero-order valence-corrected chi connectivity index (χ0v) is 14.7. The summed E-state index contributed by atoms with van der Waals surface area (Å²) in [6.45, 7) is 1.61. The number of hydrogen-bond donors (Lipinski definition) is 1. The highest BCUT2D eigenvalue weighted by Gasteiger charge is 2.12. The van der Waals surface area contributed by atoms with Crippen molar-refractivity contribution in [3.05, 3.63) is 53.1 Å². The molecule has 2 aromatic carbocycles. The summed E-state index contributed by atoms with van der Waals surface area (Å²) >= 11 is 7.68. The largest absolute Gasteiger partial charge is 0.486 e. The normalized spacial score (nSPS) is 12.7. The van der Waals surface area contributed by atoms with Crippen LogP contribution >= 0.6 is 23.4 Å². The molecule has 0 radical (unpaired) electrons. The van der Waals surface area contributed by atoms with Gasteiger partial charge in [0, 0.05) is 23.6 Å². The lowest BCUT2D eigenvalue weighted by Gasteiger charge is -2.19. The first-order valence-electron chi connectivity index (χ1n) is 7.75. The van der Waals surface area contributed by atoms with E-state index in [-0.39, 0.29) is 5.91 Å². The van der Waals surface area contributed by atoms with Crippen molar-refractivity contribution in [1.29, 1.82) is 0 Å². The van der Waals surface area contributed by atoms with Gasteiger partial charge in [-0.2, -0.15) is 0 Å². The van der Waals surface area contributed by atoms with E-state index >= 15 is 0 Å². The molecular formula is C18H18ClNO3S. The van der Waals surface area contributed by atoms with E-state index in [0.717, 1.165) is 27.0 Å². The molecule has 3 rings (SSSR count). The number of thioether (sulfide) groups is 1. The second kappa shape index (κ2) is 8.31. The molecule has 1 amide bonds. The number of ether oxygens (including phenoxy) is 2. The Morgan fingerprint density at radius 2 is 1.92 bits per heavy atom. The monoisotopic (exact) mass is 363 g/mol. The Labute approximate surface area is 150 Å². The average molecular weight is 364 g/mol. The van der Waals surface area contributed by atoms with Gasteiger partial charge < -0.3 is 14.8 Å². The van der Waals surface area contributed by atoms with E-state index in [1.807, 2.05) is 42.5 Å². The van der Waals surface area contributed by atoms with Crippen LogP contribution in [0.5, 0.6) is 11.5 Å². The van der Waals surface area contributed by atoms with Crippen molar-refractivity contribution in [1.82, 2.24) is 5.32 Å². The zero-order chi connectivity index (χ0) is 16.8. The third kappa shape index (κ3) is 4.58. The molecule has 0 fully saturated rings. The number of fused-ring (bicyclic) bond motifs is 1. The van der Waals surface area contributed by atoms with Gasteiger partial charge in [-0.25, -0.2) is 0 Å². The quantitative estimate of drug-likeness (QED) is 0.790. The Hall–Kier alpha value is -1.85. The van der Waals surface area contributed by atoms with E-state index in [1.54, 1.807) is 11.8 Å². The maximum Gasteiger partial charge on any atom is 0.221 e. The molecule has 0 spiro atoms. The predicted octanol–water partition coefficient (Wildman–Crippen LogP) is 3.91. The van der Waals surface area contributed by atoms with Crippen molar-refractivity contribution in [2.45, 2.75) is 17.9 Å². The standard InChI is InChI=1S/C18H18ClNO3S/c19-14-3-1-2-4-17(14)24-10-7-18(21)20-12-13-5-6-15-16(11-13)23-9-8-22-15/h1-6,11H,7-10,12H2,(H,20,21). The first kappa shape index (κ1) is 17.0. The molecule has 1 heterocycles. The molecule has 6 heteroatoms. The summed E-state index contributed by atoms with van der Waals surface area (Å²) in [5, 5.41) is 3.65. The van der Waals surface area contributed by atoms with Crippen LogP contribution in [0.4, 0.5) is 0 Å². The zero-order valence-electron chi connectivity index (χ0n) is 13.1. The number of rotatable bonds is 6. The number of amides is 1. The SMILES string of the molecule is O=C(CCSc1ccccc1Cl)NCc1ccc2c(c1)OCCO2. The maximum atomic E-state index is 12.0. The van der Waals surface area contributed by atoms with Crippen molar-refractivity contribution >= 4 is 29.3 Å². The van der Waals surface area contributed by atoms with Gasteiger partial charge in [-0.1, -0.05) is 29.8 Å². The lowest BCUT2D eigenvalue weighted by atomic mass is 10.2. The fourth-order valence-electron chi connectivity index (χ4n) is 2.30. The summed E-state index contributed by atoms with van der Waals surface area (Å²) in [4.78, 5) is 13.0. The highest BCUT2D eigenvalue weighted by Crippen LogP contribution is 2.30. The molecule has 1 aliphatic rings. The van der Waals surface area contributed by atoms with Crippen LogP contribution in [-0.4, -0.2) is 24.9 Å². The average Bonchev–Trinajstić information content (AvgIpc) is 2.61. The molecule has 0 saturated carbocycles. The fourth-order valence-corrected chi connectivity index (χ4v) is 3.49. The summed E-state index contributed by atoms with van der Waals surface area (Å²) in [5.41, 5.74) is 0.992. The van der Waals surface area contributed by atoms with Crippen LogP contribution < -0.4 is 14.8 Å². The number of benzene rings is 2. The van der Waals surface area contributed by atoms with Gasteiger partial charge >= 0.3 is 0 Å². The van der Waals surface area contributed by atoms with Gasteiger partial charge in [-0.3, -0.25) is 4.79 Å². The summed E-state index contributed by atoms with van der Waals surface area (Å²) in [7, 11) is 0. The highest BCUT2D eigenvalue weighted by atomic mass is 35.5. The van der Waals surface area contributed by atoms with Crippen molar-refractivity contribution in [2.75, 3.05) is 19.0 Å². The summed E-state index contributed by atoms with van der Waals surface area (Å²) in [6.07, 6.45) is 0.445. The molecule has 0 atom stereocenters. The molecule has 1 aliphatic heterocycles. The summed E-state index contributed by atoms with van der Waals surface area (Å²) in [5.74, 6) is 2.20. The van der Waals surface area contributed by atoms with Gasteiger partial charge in [-0.05, 0) is 29.8 Å². The third-order valence-electron chi connectivity index (χ3n) is 3.52. The molecule has 24 heavy (non-hydrogen) atoms. The first-order valence-corrected chi connectivity index (χ1v) is 9.11. The minimum absolute atomic E-state index is 0.0180. The molecule has 0 aromatic heterocycles. The predicted molar refractivity (Wildman–Crippen MR) is 96.1 cm³/mol. The van der Waals surface area contributed by atoms with E-state index in [9.17, 15) is 4.79 Å². The Bertz CT molecular complexity index is 723. The summed E-state index contributed by atoms with van der Waals surface area (Å²) in [6, 6.07) is 13.4. The number of carbonyl (C=O) groups is 1. The number of nitrogens with one attached hydrogen (secondary N) is 1. The van der Waals surface area contributed by atoms with Gasteiger partial charge in [0.25, 0.3) is 0 Å². The van der Waals surface area contributed by atoms with Gasteiger partial charge in [0.15, 0.2) is 11.5 Å². The molecule has 0 aliphatic carbocycles. The van der Waals surface area contributed by atoms with E-state index in [2.05, 4.69) is 5.32 Å². The number of halogens is 1. The lowest BCUT2D eigenvalue weighted by molar-refractivity contribution is -0.120. The Morgan fingerprint density at radius 3 is 2.75 bits per heavy atom. The van der Waals surface area contributed by atoms with Crippen LogP contribution in [0, 0.1) is 0 Å². The van der Waals surface area contributed by atoms with Crippen LogP contribution in [0.25, 0.3) is 0 Å². The van der Waals surface area contributed by atoms with Crippen molar-refractivity contribution in [3.63, 3.8) is 0 Å². The molecule has 4 nitrogen and oxygen atoms in total. The first-order chi connectivity index (χ1) is 11.7. The van der Waals surface area contributed by atoms with E-state index in [0.29, 0.717) is 31.9 Å². The van der Waals surface area contributed by atoms with Crippen LogP contribution in [0.1, 0.15) is 12.0 Å². The van der Waals surface area contributed by atoms with Crippen LogP contribution in [-0.2, 0) is 11.3 Å². The van der Waals surface area contributed by atoms with Gasteiger partial charge in [0.05, 0.1) is 5.02 Å². The molecule has 126 valence electrons. The minimum Gasteiger partial charge on any atom is -0.486 e. The molecule has 2 aromatic rings. The molecule has 1 N–H and O–H groups in total. The third-order valence-corrected chi connectivity index (χ3v) is 5.04. The van der Waals surface area contributed by atoms with E-state index in [1.165, 1.54) is 0 Å². The Morgan fingerprint density at radius 1 is 1.12 bits per heavy atom. The highest BCUT2D eigenvalue weighted by molar-refractivity contribution is 7.99. The molecular weight excluding hydrogens is 346 g/mol. The number of carbonyl (C=O) groups excluding carboxylic acids is 1. The van der Waals surface area contributed by atoms with Gasteiger partial charge in [-0.15, -0.1) is 11.8 Å². The fraction of sp³-hybridized carbons (Fsp3) is 0.278. The lowest BCUT2D eigenvalue weighted by Crippen LogP contribution is -2.23. The maximum absolute atomic E-state index is 12.0.